The van der Waals surface area contributed by atoms with Crippen LogP contribution < -0.4 is 5.32 Å². The molecule has 1 saturated heterocycles. The van der Waals surface area contributed by atoms with Gasteiger partial charge in [-0.3, -0.25) is 14.5 Å². The molecule has 3 rings (SSSR count). The van der Waals surface area contributed by atoms with Crippen molar-refractivity contribution in [3.8, 4) is 0 Å². The molecular formula is C19H24N4O3S. The zero-order chi connectivity index (χ0) is 19.1. The lowest BCUT2D eigenvalue weighted by Crippen LogP contribution is -2.51. The molecule has 2 amide bonds. The van der Waals surface area contributed by atoms with Gasteiger partial charge < -0.3 is 15.0 Å². The first kappa shape index (κ1) is 19.5. The van der Waals surface area contributed by atoms with Crippen molar-refractivity contribution in [2.75, 3.05) is 53.0 Å². The Labute approximate surface area is 162 Å². The van der Waals surface area contributed by atoms with Gasteiger partial charge in [-0.05, 0) is 18.2 Å². The molecule has 8 heteroatoms. The third-order valence-corrected chi connectivity index (χ3v) is 5.36. The highest BCUT2D eigenvalue weighted by molar-refractivity contribution is 7.19. The minimum absolute atomic E-state index is 0.0115. The first-order valence-electron chi connectivity index (χ1n) is 8.96. The summed E-state index contributed by atoms with van der Waals surface area (Å²) in [7, 11) is 1.60. The van der Waals surface area contributed by atoms with Crippen LogP contribution in [-0.2, 0) is 14.3 Å². The number of ether oxygens (including phenoxy) is 1. The fraction of sp³-hybridized carbons (Fsp3) is 0.421. The standard InChI is InChI=1S/C19H24N4O3S/c1-26-13-8-20-17(24)14-22-9-11-23(12-10-22)19(25)7-6-18-21-15-4-2-3-5-16(15)27-18/h2-7H,8-14H2,1H3,(H,20,24)/b7-6+. The number of nitrogens with zero attached hydrogens (tertiary/aromatic N) is 3. The van der Waals surface area contributed by atoms with Gasteiger partial charge in [-0.25, -0.2) is 4.98 Å². The van der Waals surface area contributed by atoms with E-state index in [2.05, 4.69) is 15.2 Å². The highest BCUT2D eigenvalue weighted by Gasteiger charge is 2.21. The number of piperazine rings is 1. The van der Waals surface area contributed by atoms with Crippen molar-refractivity contribution in [1.29, 1.82) is 0 Å². The van der Waals surface area contributed by atoms with Crippen LogP contribution in [0.2, 0.25) is 0 Å². The zero-order valence-electron chi connectivity index (χ0n) is 15.4. The molecule has 1 aliphatic rings. The molecule has 2 heterocycles. The van der Waals surface area contributed by atoms with Gasteiger partial charge in [0, 0.05) is 45.9 Å². The molecule has 1 aromatic heterocycles. The number of fused-ring (bicyclic) bond motifs is 1. The highest BCUT2D eigenvalue weighted by atomic mass is 32.1. The number of amides is 2. The van der Waals surface area contributed by atoms with Crippen LogP contribution in [0, 0.1) is 0 Å². The molecule has 0 atom stereocenters. The minimum Gasteiger partial charge on any atom is -0.383 e. The molecule has 1 N–H and O–H groups in total. The number of carbonyl (C=O) groups is 2. The van der Waals surface area contributed by atoms with Crippen molar-refractivity contribution in [1.82, 2.24) is 20.1 Å². The first-order valence-corrected chi connectivity index (χ1v) is 9.78. The van der Waals surface area contributed by atoms with Gasteiger partial charge in [0.1, 0.15) is 5.01 Å². The van der Waals surface area contributed by atoms with Crippen LogP contribution >= 0.6 is 11.3 Å². The molecular weight excluding hydrogens is 364 g/mol. The predicted octanol–water partition coefficient (Wildman–Crippen LogP) is 1.22. The van der Waals surface area contributed by atoms with E-state index in [4.69, 9.17) is 4.74 Å². The Hall–Kier alpha value is -2.29. The van der Waals surface area contributed by atoms with E-state index in [0.717, 1.165) is 15.2 Å². The van der Waals surface area contributed by atoms with Gasteiger partial charge in [-0.2, -0.15) is 0 Å². The van der Waals surface area contributed by atoms with Gasteiger partial charge in [0.15, 0.2) is 0 Å². The molecule has 0 aliphatic carbocycles. The van der Waals surface area contributed by atoms with Crippen LogP contribution in [0.3, 0.4) is 0 Å². The van der Waals surface area contributed by atoms with Crippen LogP contribution in [0.25, 0.3) is 16.3 Å². The summed E-state index contributed by atoms with van der Waals surface area (Å²) in [5.41, 5.74) is 0.951. The van der Waals surface area contributed by atoms with Crippen molar-refractivity contribution >= 4 is 39.4 Å². The fourth-order valence-electron chi connectivity index (χ4n) is 2.89. The van der Waals surface area contributed by atoms with Gasteiger partial charge in [-0.15, -0.1) is 11.3 Å². The number of nitrogens with one attached hydrogen (secondary N) is 1. The van der Waals surface area contributed by atoms with E-state index in [-0.39, 0.29) is 11.8 Å². The van der Waals surface area contributed by atoms with E-state index < -0.39 is 0 Å². The Bertz CT molecular complexity index is 779. The lowest BCUT2D eigenvalue weighted by atomic mass is 10.3. The maximum absolute atomic E-state index is 12.4. The van der Waals surface area contributed by atoms with Crippen molar-refractivity contribution in [3.63, 3.8) is 0 Å². The number of hydrogen-bond acceptors (Lipinski definition) is 6. The molecule has 0 unspecified atom stereocenters. The number of rotatable bonds is 7. The third-order valence-electron chi connectivity index (χ3n) is 4.36. The van der Waals surface area contributed by atoms with Crippen molar-refractivity contribution in [2.24, 2.45) is 0 Å². The molecule has 0 radical (unpaired) electrons. The summed E-state index contributed by atoms with van der Waals surface area (Å²) in [6, 6.07) is 7.93. The van der Waals surface area contributed by atoms with Gasteiger partial charge in [0.05, 0.1) is 23.4 Å². The van der Waals surface area contributed by atoms with Crippen molar-refractivity contribution < 1.29 is 14.3 Å². The van der Waals surface area contributed by atoms with Crippen molar-refractivity contribution in [2.45, 2.75) is 0 Å². The van der Waals surface area contributed by atoms with Gasteiger partial charge in [0.25, 0.3) is 0 Å². The third kappa shape index (κ3) is 5.59. The second kappa shape index (κ2) is 9.59. The van der Waals surface area contributed by atoms with E-state index in [1.807, 2.05) is 29.2 Å². The number of para-hydroxylation sites is 1. The number of benzene rings is 1. The lowest BCUT2D eigenvalue weighted by molar-refractivity contribution is -0.128. The van der Waals surface area contributed by atoms with E-state index in [1.54, 1.807) is 30.6 Å². The predicted molar refractivity (Wildman–Crippen MR) is 107 cm³/mol. The first-order chi connectivity index (χ1) is 13.2. The maximum Gasteiger partial charge on any atom is 0.246 e. The quantitative estimate of drug-likeness (QED) is 0.570. The molecule has 1 aliphatic heterocycles. The maximum atomic E-state index is 12.4. The largest absolute Gasteiger partial charge is 0.383 e. The Morgan fingerprint density at radius 1 is 1.26 bits per heavy atom. The molecule has 1 aromatic carbocycles. The van der Waals surface area contributed by atoms with E-state index in [9.17, 15) is 9.59 Å². The smallest absolute Gasteiger partial charge is 0.246 e. The lowest BCUT2D eigenvalue weighted by Gasteiger charge is -2.33. The molecule has 0 bridgehead atoms. The second-order valence-electron chi connectivity index (χ2n) is 6.30. The normalized spacial score (nSPS) is 15.5. The number of carbonyl (C=O) groups excluding carboxylic acids is 2. The SMILES string of the molecule is COCCNC(=O)CN1CCN(C(=O)/C=C/c2nc3ccccc3s2)CC1. The molecule has 2 aromatic rings. The summed E-state index contributed by atoms with van der Waals surface area (Å²) in [4.78, 5) is 32.6. The molecule has 0 spiro atoms. The second-order valence-corrected chi connectivity index (χ2v) is 7.36. The number of thiazole rings is 1. The van der Waals surface area contributed by atoms with E-state index in [0.29, 0.717) is 45.9 Å². The Balaban J connectivity index is 1.44. The summed E-state index contributed by atoms with van der Waals surface area (Å²) < 4.78 is 6.02. The number of aromatic nitrogens is 1. The van der Waals surface area contributed by atoms with Crippen LogP contribution in [0.5, 0.6) is 0 Å². The highest BCUT2D eigenvalue weighted by Crippen LogP contribution is 2.22. The topological polar surface area (TPSA) is 74.8 Å². The summed E-state index contributed by atoms with van der Waals surface area (Å²) in [6.07, 6.45) is 3.37. The summed E-state index contributed by atoms with van der Waals surface area (Å²) in [6.45, 7) is 4.01. The van der Waals surface area contributed by atoms with Crippen LogP contribution in [0.15, 0.2) is 30.3 Å². The van der Waals surface area contributed by atoms with Crippen LogP contribution in [-0.4, -0.2) is 79.6 Å². The van der Waals surface area contributed by atoms with Crippen LogP contribution in [0.1, 0.15) is 5.01 Å². The monoisotopic (exact) mass is 388 g/mol. The summed E-state index contributed by atoms with van der Waals surface area (Å²) in [5, 5.41) is 3.64. The zero-order valence-corrected chi connectivity index (χ0v) is 16.2. The van der Waals surface area contributed by atoms with Gasteiger partial charge >= 0.3 is 0 Å². The molecule has 27 heavy (non-hydrogen) atoms. The van der Waals surface area contributed by atoms with E-state index >= 15 is 0 Å². The summed E-state index contributed by atoms with van der Waals surface area (Å²) >= 11 is 1.57. The minimum atomic E-state index is -0.0153. The Morgan fingerprint density at radius 3 is 2.78 bits per heavy atom. The number of hydrogen-bond donors (Lipinski definition) is 1. The average molecular weight is 388 g/mol. The molecule has 7 nitrogen and oxygen atoms in total. The number of methoxy groups -OCH3 is 1. The Kier molecular flexibility index (Phi) is 6.92. The van der Waals surface area contributed by atoms with Gasteiger partial charge in [0.2, 0.25) is 11.8 Å². The molecule has 0 saturated carbocycles. The molecule has 1 fully saturated rings. The van der Waals surface area contributed by atoms with Crippen molar-refractivity contribution in [3.05, 3.63) is 35.3 Å². The molecule has 144 valence electrons. The van der Waals surface area contributed by atoms with E-state index in [1.165, 1.54) is 0 Å². The fourth-order valence-corrected chi connectivity index (χ4v) is 3.76. The van der Waals surface area contributed by atoms with Gasteiger partial charge in [-0.1, -0.05) is 12.1 Å². The Morgan fingerprint density at radius 2 is 2.04 bits per heavy atom. The van der Waals surface area contributed by atoms with Crippen LogP contribution in [0.4, 0.5) is 0 Å². The average Bonchev–Trinajstić information content (AvgIpc) is 3.10. The summed E-state index contributed by atoms with van der Waals surface area (Å²) in [5.74, 6) is -0.0268.